The van der Waals surface area contributed by atoms with Crippen molar-refractivity contribution in [3.8, 4) is 16.9 Å². The van der Waals surface area contributed by atoms with Gasteiger partial charge in [-0.05, 0) is 54.1 Å². The number of ketones is 1. The Bertz CT molecular complexity index is 1590. The van der Waals surface area contributed by atoms with Gasteiger partial charge in [0.05, 0.1) is 16.3 Å². The van der Waals surface area contributed by atoms with Gasteiger partial charge in [0.25, 0.3) is 0 Å². The number of carbonyl (C=O) groups excluding carboxylic acids is 1. The molecule has 156 valence electrons. The van der Waals surface area contributed by atoms with Crippen LogP contribution in [-0.4, -0.2) is 10.9 Å². The molecule has 32 heavy (non-hydrogen) atoms. The van der Waals surface area contributed by atoms with Crippen molar-refractivity contribution in [2.45, 2.75) is 0 Å². The molecule has 5 aromatic rings. The molecule has 6 heteroatoms. The molecular weight excluding hydrogens is 536 g/mol. The van der Waals surface area contributed by atoms with Crippen molar-refractivity contribution in [3.63, 3.8) is 0 Å². The maximum absolute atomic E-state index is 13.4. The molecule has 4 nitrogen and oxygen atoms in total. The number of hydrogen-bond acceptors (Lipinski definition) is 4. The maximum Gasteiger partial charge on any atom is 0.200 e. The minimum atomic E-state index is -0.392. The summed E-state index contributed by atoms with van der Waals surface area (Å²) < 4.78 is 7.58. The Morgan fingerprint density at radius 3 is 2.31 bits per heavy atom. The van der Waals surface area contributed by atoms with E-state index in [0.29, 0.717) is 32.0 Å². The number of phenols is 1. The van der Waals surface area contributed by atoms with Crippen molar-refractivity contribution in [1.82, 2.24) is 0 Å². The van der Waals surface area contributed by atoms with Crippen molar-refractivity contribution < 1.29 is 14.3 Å². The average Bonchev–Trinajstić information content (AvgIpc) is 2.81. The first kappa shape index (κ1) is 20.7. The van der Waals surface area contributed by atoms with Crippen molar-refractivity contribution in [3.05, 3.63) is 109 Å². The van der Waals surface area contributed by atoms with Gasteiger partial charge >= 0.3 is 0 Å². The summed E-state index contributed by atoms with van der Waals surface area (Å²) in [4.78, 5) is 26.8. The quantitative estimate of drug-likeness (QED) is 0.193. The second-order valence-corrected chi connectivity index (χ2v) is 9.16. The van der Waals surface area contributed by atoms with Crippen LogP contribution >= 0.6 is 31.9 Å². The summed E-state index contributed by atoms with van der Waals surface area (Å²) in [5.41, 5.74) is 2.51. The lowest BCUT2D eigenvalue weighted by Gasteiger charge is -2.11. The number of phenolic OH excluding ortho intramolecular Hbond substituents is 1. The van der Waals surface area contributed by atoms with E-state index in [9.17, 15) is 14.7 Å². The molecule has 0 aliphatic heterocycles. The van der Waals surface area contributed by atoms with E-state index in [1.807, 2.05) is 36.4 Å². The van der Waals surface area contributed by atoms with Crippen LogP contribution in [0.2, 0.25) is 0 Å². The fourth-order valence-corrected chi connectivity index (χ4v) is 4.46. The van der Waals surface area contributed by atoms with Gasteiger partial charge in [-0.25, -0.2) is 0 Å². The smallest absolute Gasteiger partial charge is 0.200 e. The number of halogens is 2. The highest BCUT2D eigenvalue weighted by atomic mass is 79.9. The molecule has 0 fully saturated rings. The summed E-state index contributed by atoms with van der Waals surface area (Å²) in [6.07, 6.45) is 0. The Kier molecular flexibility index (Phi) is 5.19. The Labute approximate surface area is 199 Å². The van der Waals surface area contributed by atoms with Crippen LogP contribution in [0.15, 0.2) is 97.0 Å². The predicted octanol–water partition coefficient (Wildman–Crippen LogP) is 7.07. The average molecular weight is 550 g/mol. The summed E-state index contributed by atoms with van der Waals surface area (Å²) in [6.45, 7) is 0. The Morgan fingerprint density at radius 2 is 1.53 bits per heavy atom. The molecule has 0 spiro atoms. The van der Waals surface area contributed by atoms with Crippen LogP contribution in [0.1, 0.15) is 15.9 Å². The van der Waals surface area contributed by atoms with Gasteiger partial charge < -0.3 is 9.52 Å². The first-order valence-corrected chi connectivity index (χ1v) is 11.3. The molecule has 0 saturated heterocycles. The van der Waals surface area contributed by atoms with Gasteiger partial charge in [0.2, 0.25) is 5.43 Å². The summed E-state index contributed by atoms with van der Waals surface area (Å²) in [5, 5.41) is 11.0. The third-order valence-electron chi connectivity index (χ3n) is 5.28. The molecule has 0 atom stereocenters. The van der Waals surface area contributed by atoms with E-state index in [1.54, 1.807) is 30.3 Å². The number of hydrogen-bond donors (Lipinski definition) is 1. The second kappa shape index (κ2) is 8.04. The zero-order chi connectivity index (χ0) is 22.4. The van der Waals surface area contributed by atoms with Gasteiger partial charge in [-0.1, -0.05) is 62.2 Å². The van der Waals surface area contributed by atoms with Crippen LogP contribution in [0.5, 0.6) is 5.75 Å². The van der Waals surface area contributed by atoms with Gasteiger partial charge in [0, 0.05) is 20.1 Å². The third kappa shape index (κ3) is 3.55. The first-order chi connectivity index (χ1) is 15.4. The number of carbonyl (C=O) groups is 1. The highest BCUT2D eigenvalue weighted by Crippen LogP contribution is 2.33. The molecule has 0 unspecified atom stereocenters. The number of aromatic hydroxyl groups is 1. The summed E-state index contributed by atoms with van der Waals surface area (Å²) in [7, 11) is 0. The van der Waals surface area contributed by atoms with Crippen LogP contribution in [0.25, 0.3) is 33.1 Å². The lowest BCUT2D eigenvalue weighted by molar-refractivity contribution is 0.103. The monoisotopic (exact) mass is 548 g/mol. The molecule has 1 N–H and O–H groups in total. The molecule has 0 radical (unpaired) electrons. The van der Waals surface area contributed by atoms with Crippen LogP contribution in [0.4, 0.5) is 0 Å². The first-order valence-electron chi connectivity index (χ1n) is 9.71. The largest absolute Gasteiger partial charge is 0.507 e. The molecule has 1 heterocycles. The summed E-state index contributed by atoms with van der Waals surface area (Å²) >= 11 is 6.74. The number of fused-ring (bicyclic) bond motifs is 2. The van der Waals surface area contributed by atoms with Crippen molar-refractivity contribution >= 4 is 59.6 Å². The second-order valence-electron chi connectivity index (χ2n) is 7.33. The zero-order valence-corrected chi connectivity index (χ0v) is 19.6. The molecule has 0 aliphatic rings. The maximum atomic E-state index is 13.4. The van der Waals surface area contributed by atoms with Gasteiger partial charge in [-0.2, -0.15) is 0 Å². The van der Waals surface area contributed by atoms with Crippen LogP contribution in [-0.2, 0) is 0 Å². The SMILES string of the molecule is O=C(c1cc(-c2ccccc2)c2oc3ccc(Br)cc3c(=O)c2c1)c1cc(Br)ccc1O. The van der Waals surface area contributed by atoms with Crippen LogP contribution in [0, 0.1) is 0 Å². The molecular formula is C26H14Br2O4. The highest BCUT2D eigenvalue weighted by Gasteiger charge is 2.20. The fourth-order valence-electron chi connectivity index (χ4n) is 3.74. The van der Waals surface area contributed by atoms with E-state index in [1.165, 1.54) is 12.1 Å². The van der Waals surface area contributed by atoms with Crippen molar-refractivity contribution in [1.29, 1.82) is 0 Å². The van der Waals surface area contributed by atoms with Gasteiger partial charge in [0.15, 0.2) is 5.78 Å². The zero-order valence-electron chi connectivity index (χ0n) is 16.4. The minimum Gasteiger partial charge on any atom is -0.507 e. The lowest BCUT2D eigenvalue weighted by Crippen LogP contribution is -2.07. The fraction of sp³-hybridized carbons (Fsp3) is 0. The Morgan fingerprint density at radius 1 is 0.812 bits per heavy atom. The van der Waals surface area contributed by atoms with E-state index >= 15 is 0 Å². The Balaban J connectivity index is 1.86. The van der Waals surface area contributed by atoms with E-state index in [2.05, 4.69) is 31.9 Å². The topological polar surface area (TPSA) is 67.5 Å². The molecule has 0 saturated carbocycles. The van der Waals surface area contributed by atoms with Gasteiger partial charge in [-0.15, -0.1) is 0 Å². The predicted molar refractivity (Wildman–Crippen MR) is 132 cm³/mol. The number of rotatable bonds is 3. The van der Waals surface area contributed by atoms with E-state index in [0.717, 1.165) is 10.0 Å². The molecule has 4 aromatic carbocycles. The normalized spacial score (nSPS) is 11.2. The minimum absolute atomic E-state index is 0.131. The van der Waals surface area contributed by atoms with E-state index < -0.39 is 5.78 Å². The standard InChI is InChI=1S/C26H14Br2O4/c27-16-6-8-22(29)19(12-16)24(30)15-10-18(14-4-2-1-3-5-14)26-21(11-15)25(31)20-13-17(28)7-9-23(20)32-26/h1-13,29H. The van der Waals surface area contributed by atoms with Gasteiger partial charge in [0.1, 0.15) is 16.9 Å². The highest BCUT2D eigenvalue weighted by molar-refractivity contribution is 9.10. The van der Waals surface area contributed by atoms with E-state index in [4.69, 9.17) is 4.42 Å². The van der Waals surface area contributed by atoms with Gasteiger partial charge in [-0.3, -0.25) is 9.59 Å². The summed E-state index contributed by atoms with van der Waals surface area (Å²) in [6, 6.07) is 22.6. The van der Waals surface area contributed by atoms with Crippen molar-refractivity contribution in [2.75, 3.05) is 0 Å². The third-order valence-corrected chi connectivity index (χ3v) is 6.27. The molecule has 1 aromatic heterocycles. The molecule has 0 bridgehead atoms. The van der Waals surface area contributed by atoms with Crippen LogP contribution in [0.3, 0.4) is 0 Å². The van der Waals surface area contributed by atoms with Crippen LogP contribution < -0.4 is 5.43 Å². The summed E-state index contributed by atoms with van der Waals surface area (Å²) in [5.74, 6) is -0.523. The molecule has 5 rings (SSSR count). The lowest BCUT2D eigenvalue weighted by atomic mass is 9.94. The molecule has 0 amide bonds. The molecule has 0 aliphatic carbocycles. The van der Waals surface area contributed by atoms with Crippen molar-refractivity contribution in [2.24, 2.45) is 0 Å². The van der Waals surface area contributed by atoms with E-state index in [-0.39, 0.29) is 22.3 Å². The Hall–Kier alpha value is -3.22. The number of benzene rings is 4.